The summed E-state index contributed by atoms with van der Waals surface area (Å²) in [5.74, 6) is -0.408. The van der Waals surface area contributed by atoms with Gasteiger partial charge in [0.2, 0.25) is 0 Å². The zero-order chi connectivity index (χ0) is 14.0. The molecule has 2 rings (SSSR count). The number of aryl methyl sites for hydroxylation is 1. The van der Waals surface area contributed by atoms with Crippen molar-refractivity contribution in [2.75, 3.05) is 4.72 Å². The summed E-state index contributed by atoms with van der Waals surface area (Å²) in [6.07, 6.45) is 0. The molecule has 0 atom stereocenters. The van der Waals surface area contributed by atoms with Gasteiger partial charge < -0.3 is 9.52 Å². The molecule has 1 aromatic heterocycles. The van der Waals surface area contributed by atoms with Crippen molar-refractivity contribution in [1.82, 2.24) is 0 Å². The van der Waals surface area contributed by atoms with E-state index in [2.05, 4.69) is 4.72 Å². The van der Waals surface area contributed by atoms with Crippen LogP contribution in [0.3, 0.4) is 0 Å². The first-order chi connectivity index (χ1) is 8.94. The second-order valence-electron chi connectivity index (χ2n) is 3.88. The molecular weight excluding hydrogens is 273 g/mol. The van der Waals surface area contributed by atoms with Gasteiger partial charge in [-0.1, -0.05) is 12.1 Å². The van der Waals surface area contributed by atoms with Crippen LogP contribution < -0.4 is 4.72 Å². The van der Waals surface area contributed by atoms with Crippen molar-refractivity contribution in [2.24, 2.45) is 0 Å². The van der Waals surface area contributed by atoms with E-state index in [0.717, 1.165) is 6.07 Å². The average Bonchev–Trinajstić information content (AvgIpc) is 2.74. The van der Waals surface area contributed by atoms with E-state index in [0.29, 0.717) is 0 Å². The maximum atomic E-state index is 13.4. The summed E-state index contributed by atoms with van der Waals surface area (Å²) >= 11 is 0. The predicted molar refractivity (Wildman–Crippen MR) is 66.6 cm³/mol. The van der Waals surface area contributed by atoms with Gasteiger partial charge >= 0.3 is 0 Å². The Morgan fingerprint density at radius 3 is 2.63 bits per heavy atom. The van der Waals surface area contributed by atoms with E-state index in [-0.39, 0.29) is 22.1 Å². The van der Waals surface area contributed by atoms with Crippen molar-refractivity contribution in [3.05, 3.63) is 47.7 Å². The molecule has 7 heteroatoms. The molecule has 0 aliphatic carbocycles. The number of para-hydroxylation sites is 1. The molecule has 2 aromatic rings. The number of nitrogens with one attached hydrogen (secondary N) is 1. The highest BCUT2D eigenvalue weighted by atomic mass is 32.2. The number of hydrogen-bond acceptors (Lipinski definition) is 4. The van der Waals surface area contributed by atoms with Crippen LogP contribution in [0.15, 0.2) is 39.6 Å². The van der Waals surface area contributed by atoms with Crippen molar-refractivity contribution in [3.8, 4) is 0 Å². The Morgan fingerprint density at radius 2 is 2.05 bits per heavy atom. The zero-order valence-corrected chi connectivity index (χ0v) is 10.9. The zero-order valence-electron chi connectivity index (χ0n) is 10.1. The van der Waals surface area contributed by atoms with Crippen LogP contribution in [0.1, 0.15) is 11.5 Å². The van der Waals surface area contributed by atoms with Crippen LogP contribution in [-0.4, -0.2) is 13.5 Å². The summed E-state index contributed by atoms with van der Waals surface area (Å²) in [5, 5.41) is 8.91. The highest BCUT2D eigenvalue weighted by Gasteiger charge is 2.22. The highest BCUT2D eigenvalue weighted by Crippen LogP contribution is 2.23. The third-order valence-electron chi connectivity index (χ3n) is 2.49. The lowest BCUT2D eigenvalue weighted by molar-refractivity contribution is 0.245. The molecule has 102 valence electrons. The van der Waals surface area contributed by atoms with Crippen LogP contribution in [0.5, 0.6) is 0 Å². The molecule has 0 aliphatic heterocycles. The molecule has 0 aliphatic rings. The van der Waals surface area contributed by atoms with E-state index in [4.69, 9.17) is 9.52 Å². The second-order valence-corrected chi connectivity index (χ2v) is 5.53. The number of hydrogen-bond donors (Lipinski definition) is 2. The standard InChI is InChI=1S/C12H12FNO4S/c1-8-12(6-9(7-15)18-8)19(16,17)14-11-5-3-2-4-10(11)13/h2-6,14-15H,7H2,1H3. The smallest absolute Gasteiger partial charge is 0.265 e. The number of rotatable bonds is 4. The fourth-order valence-corrected chi connectivity index (χ4v) is 2.88. The Balaban J connectivity index is 2.38. The summed E-state index contributed by atoms with van der Waals surface area (Å²) in [4.78, 5) is -0.125. The highest BCUT2D eigenvalue weighted by molar-refractivity contribution is 7.92. The van der Waals surface area contributed by atoms with Crippen LogP contribution in [0.25, 0.3) is 0 Å². The Labute approximate surface area is 109 Å². The molecule has 0 fully saturated rings. The average molecular weight is 285 g/mol. The van der Waals surface area contributed by atoms with Gasteiger partial charge in [0.15, 0.2) is 0 Å². The third-order valence-corrected chi connectivity index (χ3v) is 3.96. The fraction of sp³-hybridized carbons (Fsp3) is 0.167. The van der Waals surface area contributed by atoms with E-state index in [1.807, 2.05) is 0 Å². The Kier molecular flexibility index (Phi) is 3.59. The molecule has 19 heavy (non-hydrogen) atoms. The van der Waals surface area contributed by atoms with E-state index in [1.54, 1.807) is 0 Å². The summed E-state index contributed by atoms with van der Waals surface area (Å²) in [5.41, 5.74) is -0.145. The maximum absolute atomic E-state index is 13.4. The van der Waals surface area contributed by atoms with Gasteiger partial charge in [0.1, 0.15) is 28.8 Å². The molecular formula is C12H12FNO4S. The quantitative estimate of drug-likeness (QED) is 0.900. The van der Waals surface area contributed by atoms with Crippen LogP contribution in [0, 0.1) is 12.7 Å². The Morgan fingerprint density at radius 1 is 1.37 bits per heavy atom. The van der Waals surface area contributed by atoms with Crippen molar-refractivity contribution in [1.29, 1.82) is 0 Å². The maximum Gasteiger partial charge on any atom is 0.265 e. The summed E-state index contributed by atoms with van der Waals surface area (Å²) in [6, 6.07) is 6.65. The third kappa shape index (κ3) is 2.77. The lowest BCUT2D eigenvalue weighted by Crippen LogP contribution is -2.14. The first kappa shape index (κ1) is 13.6. The van der Waals surface area contributed by atoms with E-state index in [9.17, 15) is 12.8 Å². The summed E-state index contributed by atoms with van der Waals surface area (Å²) in [6.45, 7) is 1.05. The molecule has 0 saturated heterocycles. The molecule has 0 saturated carbocycles. The summed E-state index contributed by atoms with van der Waals surface area (Å²) < 4.78 is 44.8. The molecule has 0 spiro atoms. The van der Waals surface area contributed by atoms with Gasteiger partial charge in [0, 0.05) is 6.07 Å². The molecule has 1 aromatic carbocycles. The number of sulfonamides is 1. The Hall–Kier alpha value is -1.86. The van der Waals surface area contributed by atoms with Gasteiger partial charge in [-0.05, 0) is 19.1 Å². The number of benzene rings is 1. The van der Waals surface area contributed by atoms with Crippen molar-refractivity contribution in [3.63, 3.8) is 0 Å². The van der Waals surface area contributed by atoms with Gasteiger partial charge in [0.05, 0.1) is 5.69 Å². The topological polar surface area (TPSA) is 79.5 Å². The van der Waals surface area contributed by atoms with Gasteiger partial charge in [-0.3, -0.25) is 4.72 Å². The van der Waals surface area contributed by atoms with Crippen LogP contribution in [0.4, 0.5) is 10.1 Å². The van der Waals surface area contributed by atoms with E-state index >= 15 is 0 Å². The van der Waals surface area contributed by atoms with Crippen LogP contribution in [0.2, 0.25) is 0 Å². The van der Waals surface area contributed by atoms with Crippen LogP contribution in [-0.2, 0) is 16.6 Å². The van der Waals surface area contributed by atoms with Gasteiger partial charge in [-0.25, -0.2) is 12.8 Å². The molecule has 0 radical (unpaired) electrons. The number of anilines is 1. The first-order valence-electron chi connectivity index (χ1n) is 5.41. The largest absolute Gasteiger partial charge is 0.462 e. The van der Waals surface area contributed by atoms with Gasteiger partial charge in [0.25, 0.3) is 10.0 Å². The lowest BCUT2D eigenvalue weighted by atomic mass is 10.3. The minimum absolute atomic E-state index is 0.125. The predicted octanol–water partition coefficient (Wildman–Crippen LogP) is 2.02. The van der Waals surface area contributed by atoms with Crippen molar-refractivity contribution in [2.45, 2.75) is 18.4 Å². The minimum atomic E-state index is -3.95. The van der Waals surface area contributed by atoms with E-state index < -0.39 is 22.4 Å². The molecule has 2 N–H and O–H groups in total. The van der Waals surface area contributed by atoms with Crippen molar-refractivity contribution < 1.29 is 22.3 Å². The first-order valence-corrected chi connectivity index (χ1v) is 6.90. The molecule has 5 nitrogen and oxygen atoms in total. The van der Waals surface area contributed by atoms with Gasteiger partial charge in [-0.2, -0.15) is 0 Å². The Bertz CT molecular complexity index is 694. The van der Waals surface area contributed by atoms with E-state index in [1.165, 1.54) is 31.2 Å². The number of halogens is 1. The fourth-order valence-electron chi connectivity index (χ4n) is 1.61. The van der Waals surface area contributed by atoms with Gasteiger partial charge in [-0.15, -0.1) is 0 Å². The molecule has 0 unspecified atom stereocenters. The van der Waals surface area contributed by atoms with Crippen LogP contribution >= 0.6 is 0 Å². The molecule has 1 heterocycles. The second kappa shape index (κ2) is 5.02. The SMILES string of the molecule is Cc1oc(CO)cc1S(=O)(=O)Nc1ccccc1F. The lowest BCUT2D eigenvalue weighted by Gasteiger charge is -2.07. The molecule has 0 amide bonds. The number of furan rings is 1. The number of aliphatic hydroxyl groups is 1. The van der Waals surface area contributed by atoms with Crippen molar-refractivity contribution >= 4 is 15.7 Å². The number of aliphatic hydroxyl groups excluding tert-OH is 1. The monoisotopic (exact) mass is 285 g/mol. The summed E-state index contributed by atoms with van der Waals surface area (Å²) in [7, 11) is -3.95. The minimum Gasteiger partial charge on any atom is -0.462 e. The normalized spacial score (nSPS) is 11.5. The molecule has 0 bridgehead atoms.